The number of benzene rings is 1. The Balaban J connectivity index is 2.41. The van der Waals surface area contributed by atoms with Gasteiger partial charge in [-0.1, -0.05) is 12.1 Å². The first-order valence-corrected chi connectivity index (χ1v) is 6.63. The molecule has 1 atom stereocenters. The van der Waals surface area contributed by atoms with Crippen LogP contribution in [0.2, 0.25) is 0 Å². The molecule has 0 aliphatic carbocycles. The minimum atomic E-state index is -0.197. The van der Waals surface area contributed by atoms with Crippen LogP contribution in [0.15, 0.2) is 24.3 Å². The molecular formula is C14H17FN2S. The highest BCUT2D eigenvalue weighted by Crippen LogP contribution is 2.30. The third kappa shape index (κ3) is 2.46. The summed E-state index contributed by atoms with van der Waals surface area (Å²) in [6.07, 6.45) is 0. The van der Waals surface area contributed by atoms with Crippen molar-refractivity contribution in [2.24, 2.45) is 5.84 Å². The molecule has 0 spiro atoms. The summed E-state index contributed by atoms with van der Waals surface area (Å²) in [5.74, 6) is 5.42. The van der Waals surface area contributed by atoms with E-state index >= 15 is 0 Å². The number of nitrogens with two attached hydrogens (primary N) is 1. The molecule has 96 valence electrons. The molecule has 1 unspecified atom stereocenters. The van der Waals surface area contributed by atoms with Gasteiger partial charge in [-0.15, -0.1) is 11.3 Å². The van der Waals surface area contributed by atoms with Gasteiger partial charge in [0.1, 0.15) is 5.82 Å². The molecule has 0 amide bonds. The predicted molar refractivity (Wildman–Crippen MR) is 74.1 cm³/mol. The quantitative estimate of drug-likeness (QED) is 0.659. The number of thiophene rings is 1. The summed E-state index contributed by atoms with van der Waals surface area (Å²) in [5, 5.41) is 0. The second kappa shape index (κ2) is 5.18. The molecule has 0 aliphatic heterocycles. The van der Waals surface area contributed by atoms with Gasteiger partial charge in [0.15, 0.2) is 0 Å². The lowest BCUT2D eigenvalue weighted by Crippen LogP contribution is -2.28. The van der Waals surface area contributed by atoms with Crippen molar-refractivity contribution in [3.63, 3.8) is 0 Å². The lowest BCUT2D eigenvalue weighted by Gasteiger charge is -2.15. The van der Waals surface area contributed by atoms with Crippen molar-refractivity contribution in [1.29, 1.82) is 0 Å². The van der Waals surface area contributed by atoms with Crippen LogP contribution >= 0.6 is 11.3 Å². The van der Waals surface area contributed by atoms with Crippen LogP contribution in [-0.2, 0) is 0 Å². The van der Waals surface area contributed by atoms with Crippen LogP contribution in [0.3, 0.4) is 0 Å². The lowest BCUT2D eigenvalue weighted by molar-refractivity contribution is 0.601. The molecule has 1 aromatic carbocycles. The van der Waals surface area contributed by atoms with E-state index in [1.54, 1.807) is 30.4 Å². The monoisotopic (exact) mass is 264 g/mol. The zero-order valence-corrected chi connectivity index (χ0v) is 11.6. The number of aryl methyl sites for hydroxylation is 3. The molecule has 0 saturated heterocycles. The first-order valence-electron chi connectivity index (χ1n) is 5.82. The zero-order chi connectivity index (χ0) is 13.3. The molecule has 0 radical (unpaired) electrons. The fourth-order valence-electron chi connectivity index (χ4n) is 1.88. The molecule has 2 nitrogen and oxygen atoms in total. The van der Waals surface area contributed by atoms with Gasteiger partial charge in [0.2, 0.25) is 0 Å². The molecule has 0 bridgehead atoms. The first kappa shape index (κ1) is 13.2. The molecule has 2 aromatic rings. The maximum absolute atomic E-state index is 13.6. The van der Waals surface area contributed by atoms with Crippen LogP contribution in [0.25, 0.3) is 0 Å². The van der Waals surface area contributed by atoms with E-state index in [2.05, 4.69) is 25.3 Å². The molecule has 0 aliphatic rings. The van der Waals surface area contributed by atoms with E-state index in [1.807, 2.05) is 6.07 Å². The van der Waals surface area contributed by atoms with Crippen molar-refractivity contribution in [3.8, 4) is 0 Å². The fraction of sp³-hybridized carbons (Fsp3) is 0.286. The molecule has 3 N–H and O–H groups in total. The third-order valence-electron chi connectivity index (χ3n) is 3.17. The number of rotatable bonds is 3. The maximum atomic E-state index is 13.6. The summed E-state index contributed by atoms with van der Waals surface area (Å²) in [7, 11) is 0. The molecule has 2 rings (SSSR count). The van der Waals surface area contributed by atoms with Crippen molar-refractivity contribution in [3.05, 3.63) is 56.5 Å². The number of hydrazine groups is 1. The number of nitrogens with one attached hydrogen (secondary N) is 1. The average molecular weight is 264 g/mol. The van der Waals surface area contributed by atoms with Gasteiger partial charge in [-0.2, -0.15) is 0 Å². The summed E-state index contributed by atoms with van der Waals surface area (Å²) in [5.41, 5.74) is 5.50. The summed E-state index contributed by atoms with van der Waals surface area (Å²) in [6.45, 7) is 5.90. The summed E-state index contributed by atoms with van der Waals surface area (Å²) < 4.78 is 13.6. The van der Waals surface area contributed by atoms with Gasteiger partial charge in [0.05, 0.1) is 6.04 Å². The van der Waals surface area contributed by atoms with Crippen LogP contribution in [0, 0.1) is 26.6 Å². The third-order valence-corrected chi connectivity index (χ3v) is 4.38. The fourth-order valence-corrected chi connectivity index (χ4v) is 3.01. The van der Waals surface area contributed by atoms with Crippen molar-refractivity contribution >= 4 is 11.3 Å². The van der Waals surface area contributed by atoms with Gasteiger partial charge in [-0.25, -0.2) is 9.82 Å². The highest BCUT2D eigenvalue weighted by atomic mass is 32.1. The Labute approximate surface area is 111 Å². The number of halogens is 1. The van der Waals surface area contributed by atoms with Crippen LogP contribution in [-0.4, -0.2) is 0 Å². The van der Waals surface area contributed by atoms with Crippen LogP contribution in [0.4, 0.5) is 4.39 Å². The summed E-state index contributed by atoms with van der Waals surface area (Å²) >= 11 is 1.69. The normalized spacial score (nSPS) is 12.7. The van der Waals surface area contributed by atoms with E-state index in [0.29, 0.717) is 5.56 Å². The standard InChI is InChI=1S/C14H17FN2S/c1-8-4-5-11(7-12(8)15)14(17-16)13-6-9(2)10(3)18-13/h4-7,14,17H,16H2,1-3H3. The average Bonchev–Trinajstić information content (AvgIpc) is 2.65. The first-order chi connectivity index (χ1) is 8.52. The van der Waals surface area contributed by atoms with Crippen LogP contribution in [0.1, 0.15) is 32.5 Å². The largest absolute Gasteiger partial charge is 0.271 e. The van der Waals surface area contributed by atoms with Gasteiger partial charge < -0.3 is 0 Å². The molecule has 0 saturated carbocycles. The zero-order valence-electron chi connectivity index (χ0n) is 10.8. The summed E-state index contributed by atoms with van der Waals surface area (Å²) in [4.78, 5) is 2.37. The van der Waals surface area contributed by atoms with Crippen molar-refractivity contribution in [2.75, 3.05) is 0 Å². The number of hydrogen-bond donors (Lipinski definition) is 2. The summed E-state index contributed by atoms with van der Waals surface area (Å²) in [6, 6.07) is 7.18. The van der Waals surface area contributed by atoms with Gasteiger partial charge in [-0.05, 0) is 49.6 Å². The second-order valence-electron chi connectivity index (χ2n) is 4.50. The maximum Gasteiger partial charge on any atom is 0.126 e. The van der Waals surface area contributed by atoms with Gasteiger partial charge in [0.25, 0.3) is 0 Å². The Bertz CT molecular complexity index is 543. The highest BCUT2D eigenvalue weighted by molar-refractivity contribution is 7.12. The molecule has 1 aromatic heterocycles. The minimum Gasteiger partial charge on any atom is -0.271 e. The predicted octanol–water partition coefficient (Wildman–Crippen LogP) is 3.37. The highest BCUT2D eigenvalue weighted by Gasteiger charge is 2.16. The topological polar surface area (TPSA) is 38.0 Å². The van der Waals surface area contributed by atoms with Crippen molar-refractivity contribution < 1.29 is 4.39 Å². The van der Waals surface area contributed by atoms with E-state index in [9.17, 15) is 4.39 Å². The van der Waals surface area contributed by atoms with E-state index in [1.165, 1.54) is 10.4 Å². The van der Waals surface area contributed by atoms with E-state index in [-0.39, 0.29) is 11.9 Å². The Morgan fingerprint density at radius 2 is 1.89 bits per heavy atom. The lowest BCUT2D eigenvalue weighted by atomic mass is 10.0. The molecule has 0 fully saturated rings. The van der Waals surface area contributed by atoms with E-state index in [4.69, 9.17) is 5.84 Å². The SMILES string of the molecule is Cc1ccc(C(NN)c2cc(C)c(C)s2)cc1F. The molecular weight excluding hydrogens is 247 g/mol. The van der Waals surface area contributed by atoms with Gasteiger partial charge >= 0.3 is 0 Å². The molecule has 18 heavy (non-hydrogen) atoms. The minimum absolute atomic E-state index is 0.155. The Hall–Kier alpha value is -1.23. The molecule has 4 heteroatoms. The molecule has 1 heterocycles. The number of hydrogen-bond acceptors (Lipinski definition) is 3. The van der Waals surface area contributed by atoms with E-state index < -0.39 is 0 Å². The Morgan fingerprint density at radius 1 is 1.17 bits per heavy atom. The Kier molecular flexibility index (Phi) is 3.80. The van der Waals surface area contributed by atoms with Crippen LogP contribution in [0.5, 0.6) is 0 Å². The Morgan fingerprint density at radius 3 is 2.39 bits per heavy atom. The van der Waals surface area contributed by atoms with Gasteiger partial charge in [0, 0.05) is 9.75 Å². The van der Waals surface area contributed by atoms with Crippen LogP contribution < -0.4 is 11.3 Å². The smallest absolute Gasteiger partial charge is 0.126 e. The van der Waals surface area contributed by atoms with Crippen molar-refractivity contribution in [1.82, 2.24) is 5.43 Å². The van der Waals surface area contributed by atoms with Gasteiger partial charge in [-0.3, -0.25) is 5.84 Å². The second-order valence-corrected chi connectivity index (χ2v) is 5.78. The van der Waals surface area contributed by atoms with Crippen molar-refractivity contribution in [2.45, 2.75) is 26.8 Å². The van der Waals surface area contributed by atoms with E-state index in [0.717, 1.165) is 10.4 Å².